The molecule has 0 unspecified atom stereocenters. The second-order valence-corrected chi connectivity index (χ2v) is 6.97. The van der Waals surface area contributed by atoms with E-state index in [4.69, 9.17) is 16.2 Å². The van der Waals surface area contributed by atoms with Gasteiger partial charge in [0.2, 0.25) is 0 Å². The monoisotopic (exact) mass is 366 g/mol. The highest BCUT2D eigenvalue weighted by atomic mass is 16.6. The number of carboxylic acids is 1. The average Bonchev–Trinajstić information content (AvgIpc) is 2.53. The van der Waals surface area contributed by atoms with Gasteiger partial charge in [0.1, 0.15) is 11.6 Å². The number of carbonyl (C=O) groups is 2. The molecule has 0 fully saturated rings. The summed E-state index contributed by atoms with van der Waals surface area (Å²) in [6.45, 7) is 7.56. The normalized spacial score (nSPS) is 12.3. The number of amides is 1. The molecule has 1 aromatic rings. The molecule has 1 amide bonds. The highest BCUT2D eigenvalue weighted by Gasteiger charge is 2.24. The predicted molar refractivity (Wildman–Crippen MR) is 101 cm³/mol. The standard InChI is InChI=1S/C18H30N4O4/c1-18(2,3)26-17(25)21-15(16(23)24)12-13-4-6-14(7-5-13)22(10-8-19)11-9-20/h4-7,15H,8-12,19-20H2,1-3H3,(H,21,25)(H,23,24)/t15-/m1/s1. The van der Waals surface area contributed by atoms with Crippen molar-refractivity contribution in [1.82, 2.24) is 5.32 Å². The maximum absolute atomic E-state index is 11.8. The average molecular weight is 366 g/mol. The van der Waals surface area contributed by atoms with E-state index in [0.717, 1.165) is 11.3 Å². The summed E-state index contributed by atoms with van der Waals surface area (Å²) < 4.78 is 5.12. The van der Waals surface area contributed by atoms with Crippen LogP contribution in [0.5, 0.6) is 0 Å². The number of hydrogen-bond acceptors (Lipinski definition) is 6. The maximum atomic E-state index is 11.8. The summed E-state index contributed by atoms with van der Waals surface area (Å²) in [6.07, 6.45) is -0.596. The number of anilines is 1. The fraction of sp³-hybridized carbons (Fsp3) is 0.556. The van der Waals surface area contributed by atoms with Gasteiger partial charge in [-0.15, -0.1) is 0 Å². The number of nitrogens with zero attached hydrogens (tertiary/aromatic N) is 1. The van der Waals surface area contributed by atoms with Crippen molar-refractivity contribution in [3.8, 4) is 0 Å². The van der Waals surface area contributed by atoms with E-state index in [1.54, 1.807) is 20.8 Å². The van der Waals surface area contributed by atoms with Crippen molar-refractivity contribution in [2.24, 2.45) is 11.5 Å². The second-order valence-electron chi connectivity index (χ2n) is 6.97. The third-order valence-electron chi connectivity index (χ3n) is 3.53. The molecule has 0 aliphatic carbocycles. The van der Waals surface area contributed by atoms with Crippen LogP contribution in [0.1, 0.15) is 26.3 Å². The molecule has 1 rings (SSSR count). The molecule has 146 valence electrons. The van der Waals surface area contributed by atoms with Gasteiger partial charge in [0, 0.05) is 38.3 Å². The molecular formula is C18H30N4O4. The van der Waals surface area contributed by atoms with Gasteiger partial charge < -0.3 is 31.5 Å². The number of rotatable bonds is 9. The van der Waals surface area contributed by atoms with Gasteiger partial charge in [-0.25, -0.2) is 9.59 Å². The van der Waals surface area contributed by atoms with Crippen molar-refractivity contribution in [3.63, 3.8) is 0 Å². The number of benzene rings is 1. The lowest BCUT2D eigenvalue weighted by atomic mass is 10.1. The Morgan fingerprint density at radius 2 is 1.69 bits per heavy atom. The Balaban J connectivity index is 2.77. The summed E-state index contributed by atoms with van der Waals surface area (Å²) in [5.41, 5.74) is 12.3. The molecule has 6 N–H and O–H groups in total. The minimum atomic E-state index is -1.12. The lowest BCUT2D eigenvalue weighted by Gasteiger charge is -2.24. The van der Waals surface area contributed by atoms with Gasteiger partial charge in [-0.1, -0.05) is 12.1 Å². The number of alkyl carbamates (subject to hydrolysis) is 1. The van der Waals surface area contributed by atoms with E-state index >= 15 is 0 Å². The predicted octanol–water partition coefficient (Wildman–Crippen LogP) is 0.931. The van der Waals surface area contributed by atoms with Crippen LogP contribution in [0.25, 0.3) is 0 Å². The van der Waals surface area contributed by atoms with Crippen LogP contribution in [0.2, 0.25) is 0 Å². The van der Waals surface area contributed by atoms with Gasteiger partial charge in [-0.3, -0.25) is 0 Å². The molecule has 0 aliphatic heterocycles. The van der Waals surface area contributed by atoms with Crippen LogP contribution in [0, 0.1) is 0 Å². The van der Waals surface area contributed by atoms with Crippen LogP contribution < -0.4 is 21.7 Å². The SMILES string of the molecule is CC(C)(C)OC(=O)N[C@H](Cc1ccc(N(CCN)CCN)cc1)C(=O)O. The number of nitrogens with one attached hydrogen (secondary N) is 1. The first-order chi connectivity index (χ1) is 12.2. The maximum Gasteiger partial charge on any atom is 0.408 e. The molecule has 1 aromatic carbocycles. The van der Waals surface area contributed by atoms with Crippen LogP contribution in [-0.4, -0.2) is 55.0 Å². The topological polar surface area (TPSA) is 131 Å². The Morgan fingerprint density at radius 1 is 1.15 bits per heavy atom. The van der Waals surface area contributed by atoms with Gasteiger partial charge in [-0.05, 0) is 38.5 Å². The fourth-order valence-electron chi connectivity index (χ4n) is 2.41. The Morgan fingerprint density at radius 3 is 2.12 bits per heavy atom. The molecular weight excluding hydrogens is 336 g/mol. The van der Waals surface area contributed by atoms with E-state index in [0.29, 0.717) is 26.2 Å². The molecule has 0 aliphatic rings. The quantitative estimate of drug-likeness (QED) is 0.511. The van der Waals surface area contributed by atoms with Crippen molar-refractivity contribution < 1.29 is 19.4 Å². The van der Waals surface area contributed by atoms with E-state index in [1.165, 1.54) is 0 Å². The summed E-state index contributed by atoms with van der Waals surface area (Å²) in [7, 11) is 0. The highest BCUT2D eigenvalue weighted by molar-refractivity contribution is 5.80. The van der Waals surface area contributed by atoms with Crippen molar-refractivity contribution in [2.45, 2.75) is 38.8 Å². The van der Waals surface area contributed by atoms with Gasteiger partial charge >= 0.3 is 12.1 Å². The van der Waals surface area contributed by atoms with E-state index < -0.39 is 23.7 Å². The van der Waals surface area contributed by atoms with Gasteiger partial charge in [-0.2, -0.15) is 0 Å². The number of nitrogens with two attached hydrogens (primary N) is 2. The van der Waals surface area contributed by atoms with Crippen LogP contribution in [0.4, 0.5) is 10.5 Å². The Labute approximate surface area is 154 Å². The zero-order valence-electron chi connectivity index (χ0n) is 15.7. The van der Waals surface area contributed by atoms with Crippen LogP contribution in [-0.2, 0) is 16.0 Å². The Kier molecular flexibility index (Phi) is 8.34. The van der Waals surface area contributed by atoms with E-state index in [-0.39, 0.29) is 6.42 Å². The summed E-state index contributed by atoms with van der Waals surface area (Å²) in [5.74, 6) is -1.12. The van der Waals surface area contributed by atoms with E-state index in [9.17, 15) is 14.7 Å². The van der Waals surface area contributed by atoms with E-state index in [2.05, 4.69) is 10.2 Å². The Bertz CT molecular complexity index is 578. The molecule has 1 atom stereocenters. The highest BCUT2D eigenvalue weighted by Crippen LogP contribution is 2.16. The van der Waals surface area contributed by atoms with Crippen LogP contribution in [0.3, 0.4) is 0 Å². The first kappa shape index (κ1) is 21.7. The number of aliphatic carboxylic acids is 1. The molecule has 8 nitrogen and oxygen atoms in total. The minimum absolute atomic E-state index is 0.155. The molecule has 0 saturated heterocycles. The first-order valence-electron chi connectivity index (χ1n) is 8.62. The van der Waals surface area contributed by atoms with Crippen LogP contribution in [0.15, 0.2) is 24.3 Å². The first-order valence-corrected chi connectivity index (χ1v) is 8.62. The number of hydrogen-bond donors (Lipinski definition) is 4. The third-order valence-corrected chi connectivity index (χ3v) is 3.53. The number of carboxylic acid groups (broad SMARTS) is 1. The molecule has 0 heterocycles. The fourth-order valence-corrected chi connectivity index (χ4v) is 2.41. The van der Waals surface area contributed by atoms with Gasteiger partial charge in [0.25, 0.3) is 0 Å². The number of carbonyl (C=O) groups excluding carboxylic acids is 1. The molecule has 0 bridgehead atoms. The molecule has 8 heteroatoms. The summed E-state index contributed by atoms with van der Waals surface area (Å²) in [4.78, 5) is 25.3. The zero-order valence-corrected chi connectivity index (χ0v) is 15.7. The lowest BCUT2D eigenvalue weighted by Crippen LogP contribution is -2.44. The third kappa shape index (κ3) is 7.71. The molecule has 0 spiro atoms. The Hall–Kier alpha value is -2.32. The van der Waals surface area contributed by atoms with Crippen molar-refractivity contribution in [3.05, 3.63) is 29.8 Å². The second kappa shape index (κ2) is 9.98. The molecule has 26 heavy (non-hydrogen) atoms. The summed E-state index contributed by atoms with van der Waals surface area (Å²) in [6, 6.07) is 6.39. The molecule has 0 aromatic heterocycles. The summed E-state index contributed by atoms with van der Waals surface area (Å²) in [5, 5.41) is 11.8. The molecule has 0 saturated carbocycles. The van der Waals surface area contributed by atoms with Gasteiger partial charge in [0.05, 0.1) is 0 Å². The van der Waals surface area contributed by atoms with Crippen molar-refractivity contribution in [1.29, 1.82) is 0 Å². The largest absolute Gasteiger partial charge is 0.480 e. The number of ether oxygens (including phenoxy) is 1. The smallest absolute Gasteiger partial charge is 0.408 e. The lowest BCUT2D eigenvalue weighted by molar-refractivity contribution is -0.139. The molecule has 0 radical (unpaired) electrons. The van der Waals surface area contributed by atoms with E-state index in [1.807, 2.05) is 24.3 Å². The zero-order chi connectivity index (χ0) is 19.7. The van der Waals surface area contributed by atoms with Gasteiger partial charge in [0.15, 0.2) is 0 Å². The van der Waals surface area contributed by atoms with Crippen molar-refractivity contribution in [2.75, 3.05) is 31.1 Å². The van der Waals surface area contributed by atoms with Crippen LogP contribution >= 0.6 is 0 Å². The van der Waals surface area contributed by atoms with Crippen molar-refractivity contribution >= 4 is 17.7 Å². The minimum Gasteiger partial charge on any atom is -0.480 e. The summed E-state index contributed by atoms with van der Waals surface area (Å²) >= 11 is 0.